The van der Waals surface area contributed by atoms with Gasteiger partial charge in [0.2, 0.25) is 5.91 Å². The Bertz CT molecular complexity index is 488. The minimum atomic E-state index is 0.199. The predicted molar refractivity (Wildman–Crippen MR) is 79.9 cm³/mol. The fraction of sp³-hybridized carbons (Fsp3) is 0.529. The second-order valence-electron chi connectivity index (χ2n) is 5.41. The van der Waals surface area contributed by atoms with Gasteiger partial charge >= 0.3 is 0 Å². The van der Waals surface area contributed by atoms with Crippen LogP contribution in [0.25, 0.3) is 0 Å². The lowest BCUT2D eigenvalue weighted by Gasteiger charge is -2.32. The van der Waals surface area contributed by atoms with E-state index in [1.54, 1.807) is 0 Å². The number of likely N-dealkylation sites (tertiary alicyclic amines) is 1. The van der Waals surface area contributed by atoms with Gasteiger partial charge in [-0.15, -0.1) is 0 Å². The van der Waals surface area contributed by atoms with Crippen LogP contribution in [0.1, 0.15) is 61.4 Å². The van der Waals surface area contributed by atoms with Gasteiger partial charge < -0.3 is 4.90 Å². The Morgan fingerprint density at radius 1 is 1.15 bits per heavy atom. The summed E-state index contributed by atoms with van der Waals surface area (Å²) in [6.45, 7) is 5.48. The quantitative estimate of drug-likeness (QED) is 0.788. The minimum absolute atomic E-state index is 0.199. The first kappa shape index (κ1) is 14.8. The number of ketones is 1. The van der Waals surface area contributed by atoms with Crippen molar-refractivity contribution in [3.63, 3.8) is 0 Å². The number of piperidine rings is 1. The summed E-state index contributed by atoms with van der Waals surface area (Å²) < 4.78 is 0. The molecule has 108 valence electrons. The van der Waals surface area contributed by atoms with Crippen molar-refractivity contribution in [3.05, 3.63) is 35.4 Å². The van der Waals surface area contributed by atoms with Gasteiger partial charge in [-0.05, 0) is 30.4 Å². The Balaban J connectivity index is 2.03. The number of benzene rings is 1. The number of nitrogens with zero attached hydrogens (tertiary/aromatic N) is 1. The Morgan fingerprint density at radius 2 is 1.85 bits per heavy atom. The molecule has 1 aliphatic heterocycles. The van der Waals surface area contributed by atoms with E-state index in [1.165, 1.54) is 5.56 Å². The number of Topliss-reactive ketones (excluding diaryl/α,β-unsaturated/α-hetero) is 1. The van der Waals surface area contributed by atoms with Crippen LogP contribution in [0.15, 0.2) is 24.3 Å². The van der Waals surface area contributed by atoms with Crippen molar-refractivity contribution in [2.24, 2.45) is 0 Å². The fourth-order valence-corrected chi connectivity index (χ4v) is 2.86. The van der Waals surface area contributed by atoms with Crippen LogP contribution in [0.4, 0.5) is 0 Å². The van der Waals surface area contributed by atoms with Crippen molar-refractivity contribution in [1.82, 2.24) is 4.90 Å². The molecule has 1 amide bonds. The van der Waals surface area contributed by atoms with E-state index in [1.807, 2.05) is 36.9 Å². The lowest BCUT2D eigenvalue weighted by molar-refractivity contribution is -0.131. The molecule has 0 unspecified atom stereocenters. The topological polar surface area (TPSA) is 37.4 Å². The van der Waals surface area contributed by atoms with Crippen LogP contribution in [0.5, 0.6) is 0 Å². The van der Waals surface area contributed by atoms with E-state index in [0.717, 1.165) is 31.5 Å². The van der Waals surface area contributed by atoms with Crippen molar-refractivity contribution in [2.45, 2.75) is 45.4 Å². The molecule has 0 aromatic heterocycles. The van der Waals surface area contributed by atoms with Crippen LogP contribution in [0.2, 0.25) is 0 Å². The van der Waals surface area contributed by atoms with Crippen molar-refractivity contribution in [2.75, 3.05) is 13.1 Å². The van der Waals surface area contributed by atoms with Crippen LogP contribution in [-0.2, 0) is 4.79 Å². The molecule has 0 bridgehead atoms. The Kier molecular flexibility index (Phi) is 4.94. The SMILES string of the molecule is CCC(=O)c1cccc(C2CCN(C(=O)CC)CC2)c1. The molecule has 3 heteroatoms. The molecule has 0 spiro atoms. The molecular weight excluding hydrogens is 250 g/mol. The summed E-state index contributed by atoms with van der Waals surface area (Å²) in [7, 11) is 0. The Hall–Kier alpha value is -1.64. The molecule has 0 atom stereocenters. The molecule has 1 fully saturated rings. The van der Waals surface area contributed by atoms with Crippen LogP contribution in [-0.4, -0.2) is 29.7 Å². The van der Waals surface area contributed by atoms with E-state index in [4.69, 9.17) is 0 Å². The number of rotatable bonds is 4. The highest BCUT2D eigenvalue weighted by Gasteiger charge is 2.23. The summed E-state index contributed by atoms with van der Waals surface area (Å²) >= 11 is 0. The molecule has 1 aliphatic rings. The number of hydrogen-bond donors (Lipinski definition) is 0. The average Bonchev–Trinajstić information content (AvgIpc) is 2.53. The van der Waals surface area contributed by atoms with Gasteiger partial charge in [0.1, 0.15) is 0 Å². The summed E-state index contributed by atoms with van der Waals surface area (Å²) in [5.74, 6) is 0.921. The van der Waals surface area contributed by atoms with E-state index in [-0.39, 0.29) is 11.7 Å². The average molecular weight is 273 g/mol. The first-order chi connectivity index (χ1) is 9.65. The lowest BCUT2D eigenvalue weighted by Crippen LogP contribution is -2.37. The van der Waals surface area contributed by atoms with Gasteiger partial charge in [0.25, 0.3) is 0 Å². The van der Waals surface area contributed by atoms with Crippen molar-refractivity contribution >= 4 is 11.7 Å². The summed E-state index contributed by atoms with van der Waals surface area (Å²) in [5, 5.41) is 0. The van der Waals surface area contributed by atoms with Gasteiger partial charge in [-0.25, -0.2) is 0 Å². The Labute approximate surface area is 121 Å². The third-order valence-electron chi connectivity index (χ3n) is 4.15. The number of amides is 1. The maximum Gasteiger partial charge on any atom is 0.222 e. The highest BCUT2D eigenvalue weighted by atomic mass is 16.2. The highest BCUT2D eigenvalue weighted by Crippen LogP contribution is 2.29. The standard InChI is InChI=1S/C17H23NO2/c1-3-16(19)15-7-5-6-14(12-15)13-8-10-18(11-9-13)17(20)4-2/h5-7,12-13H,3-4,8-11H2,1-2H3. The summed E-state index contributed by atoms with van der Waals surface area (Å²) in [5.41, 5.74) is 2.06. The first-order valence-corrected chi connectivity index (χ1v) is 7.56. The van der Waals surface area contributed by atoms with Gasteiger partial charge in [-0.1, -0.05) is 32.0 Å². The van der Waals surface area contributed by atoms with Crippen LogP contribution >= 0.6 is 0 Å². The molecule has 1 heterocycles. The van der Waals surface area contributed by atoms with Gasteiger partial charge in [-0.2, -0.15) is 0 Å². The van der Waals surface area contributed by atoms with Crippen LogP contribution in [0.3, 0.4) is 0 Å². The first-order valence-electron chi connectivity index (χ1n) is 7.56. The van der Waals surface area contributed by atoms with E-state index >= 15 is 0 Å². The zero-order chi connectivity index (χ0) is 14.5. The third-order valence-corrected chi connectivity index (χ3v) is 4.15. The van der Waals surface area contributed by atoms with Crippen molar-refractivity contribution < 1.29 is 9.59 Å². The molecule has 1 saturated heterocycles. The summed E-state index contributed by atoms with van der Waals surface area (Å²) in [6.07, 6.45) is 3.13. The molecule has 2 rings (SSSR count). The van der Waals surface area contributed by atoms with E-state index < -0.39 is 0 Å². The van der Waals surface area contributed by atoms with Gasteiger partial charge in [0.05, 0.1) is 0 Å². The highest BCUT2D eigenvalue weighted by molar-refractivity contribution is 5.96. The largest absolute Gasteiger partial charge is 0.343 e. The predicted octanol–water partition coefficient (Wildman–Crippen LogP) is 3.40. The molecule has 0 saturated carbocycles. The maximum atomic E-state index is 11.8. The summed E-state index contributed by atoms with van der Waals surface area (Å²) in [4.78, 5) is 25.4. The smallest absolute Gasteiger partial charge is 0.222 e. The number of carbonyl (C=O) groups is 2. The molecule has 0 N–H and O–H groups in total. The zero-order valence-corrected chi connectivity index (χ0v) is 12.4. The molecule has 0 aliphatic carbocycles. The maximum absolute atomic E-state index is 11.8. The molecular formula is C17H23NO2. The van der Waals surface area contributed by atoms with Gasteiger partial charge in [-0.3, -0.25) is 9.59 Å². The van der Waals surface area contributed by atoms with Crippen LogP contribution < -0.4 is 0 Å². The Morgan fingerprint density at radius 3 is 2.45 bits per heavy atom. The van der Waals surface area contributed by atoms with Gasteiger partial charge in [0.15, 0.2) is 5.78 Å². The van der Waals surface area contributed by atoms with Gasteiger partial charge in [0, 0.05) is 31.5 Å². The zero-order valence-electron chi connectivity index (χ0n) is 12.4. The van der Waals surface area contributed by atoms with E-state index in [9.17, 15) is 9.59 Å². The minimum Gasteiger partial charge on any atom is -0.343 e. The number of hydrogen-bond acceptors (Lipinski definition) is 2. The monoisotopic (exact) mass is 273 g/mol. The van der Waals surface area contributed by atoms with Crippen LogP contribution in [0, 0.1) is 0 Å². The normalized spacial score (nSPS) is 16.2. The lowest BCUT2D eigenvalue weighted by atomic mass is 9.88. The number of carbonyl (C=O) groups excluding carboxylic acids is 2. The second kappa shape index (κ2) is 6.69. The molecule has 20 heavy (non-hydrogen) atoms. The molecule has 3 nitrogen and oxygen atoms in total. The molecule has 1 aromatic carbocycles. The van der Waals surface area contributed by atoms with Crippen molar-refractivity contribution in [1.29, 1.82) is 0 Å². The van der Waals surface area contributed by atoms with E-state index in [2.05, 4.69) is 6.07 Å². The van der Waals surface area contributed by atoms with Crippen molar-refractivity contribution in [3.8, 4) is 0 Å². The third kappa shape index (κ3) is 3.27. The molecule has 1 aromatic rings. The molecule has 0 radical (unpaired) electrons. The van der Waals surface area contributed by atoms with E-state index in [0.29, 0.717) is 18.8 Å². The summed E-state index contributed by atoms with van der Waals surface area (Å²) in [6, 6.07) is 8.01. The second-order valence-corrected chi connectivity index (χ2v) is 5.41. The fourth-order valence-electron chi connectivity index (χ4n) is 2.86.